The molecule has 1 aromatic rings. The number of amides is 1. The van der Waals surface area contributed by atoms with E-state index < -0.39 is 0 Å². The molecule has 1 fully saturated rings. The number of hydrogen-bond acceptors (Lipinski definition) is 4. The maximum atomic E-state index is 12.2. The molecule has 0 aliphatic carbocycles. The summed E-state index contributed by atoms with van der Waals surface area (Å²) in [5.74, 6) is -0.125. The lowest BCUT2D eigenvalue weighted by atomic mass is 10.1. The summed E-state index contributed by atoms with van der Waals surface area (Å²) in [7, 11) is 0. The van der Waals surface area contributed by atoms with E-state index >= 15 is 0 Å². The molecule has 2 N–H and O–H groups in total. The first-order valence-electron chi connectivity index (χ1n) is 7.34. The molecule has 1 aromatic carbocycles. The van der Waals surface area contributed by atoms with Crippen LogP contribution in [-0.2, 0) is 4.79 Å². The average Bonchev–Trinajstić information content (AvgIpc) is 2.37. The number of carbonyl (C=O) groups excluding carboxylic acids is 2. The number of anilines is 1. The second kappa shape index (κ2) is 8.27. The van der Waals surface area contributed by atoms with Gasteiger partial charge in [-0.1, -0.05) is 12.1 Å². The van der Waals surface area contributed by atoms with Crippen molar-refractivity contribution < 1.29 is 9.59 Å². The van der Waals surface area contributed by atoms with Gasteiger partial charge in [0.25, 0.3) is 0 Å². The Hall–Kier alpha value is -1.43. The van der Waals surface area contributed by atoms with E-state index in [0.29, 0.717) is 29.9 Å². The van der Waals surface area contributed by atoms with E-state index in [2.05, 4.69) is 29.4 Å². The number of ketones is 1. The van der Waals surface area contributed by atoms with Crippen molar-refractivity contribution in [3.8, 4) is 0 Å². The molecule has 1 aliphatic rings. The van der Waals surface area contributed by atoms with E-state index in [9.17, 15) is 9.59 Å². The fraction of sp³-hybridized carbons (Fsp3) is 0.500. The molecule has 22 heavy (non-hydrogen) atoms. The zero-order valence-corrected chi connectivity index (χ0v) is 14.1. The molecule has 0 aromatic heterocycles. The van der Waals surface area contributed by atoms with E-state index in [0.717, 1.165) is 13.1 Å². The first kappa shape index (κ1) is 18.6. The number of para-hydroxylation sites is 1. The molecular formula is C16H24ClN3O2. The molecule has 0 radical (unpaired) electrons. The van der Waals surface area contributed by atoms with Crippen molar-refractivity contribution in [3.05, 3.63) is 29.8 Å². The standard InChI is InChI=1S/C16H23N3O2.ClH/c1-11-8-19(9-12(2)17-11)10-16(21)18-15-7-5-4-6-14(15)13(3)20;/h4-7,11-12,17H,8-10H2,1-3H3,(H,18,21);1H. The van der Waals surface area contributed by atoms with Gasteiger partial charge in [0.2, 0.25) is 5.91 Å². The van der Waals surface area contributed by atoms with Crippen LogP contribution in [0.4, 0.5) is 5.69 Å². The van der Waals surface area contributed by atoms with Gasteiger partial charge in [-0.05, 0) is 32.9 Å². The van der Waals surface area contributed by atoms with Crippen LogP contribution < -0.4 is 10.6 Å². The van der Waals surface area contributed by atoms with Crippen LogP contribution in [0.5, 0.6) is 0 Å². The lowest BCUT2D eigenvalue weighted by molar-refractivity contribution is -0.117. The van der Waals surface area contributed by atoms with Crippen molar-refractivity contribution in [1.82, 2.24) is 10.2 Å². The number of halogens is 1. The minimum atomic E-state index is -0.0787. The molecule has 2 rings (SSSR count). The van der Waals surface area contributed by atoms with Crippen molar-refractivity contribution in [1.29, 1.82) is 0 Å². The second-order valence-electron chi connectivity index (χ2n) is 5.81. The van der Waals surface area contributed by atoms with Crippen LogP contribution in [-0.4, -0.2) is 48.3 Å². The summed E-state index contributed by atoms with van der Waals surface area (Å²) >= 11 is 0. The Morgan fingerprint density at radius 1 is 1.23 bits per heavy atom. The summed E-state index contributed by atoms with van der Waals surface area (Å²) in [5.41, 5.74) is 1.14. The summed E-state index contributed by atoms with van der Waals surface area (Å²) in [6.07, 6.45) is 0. The number of hydrogen-bond donors (Lipinski definition) is 2. The maximum Gasteiger partial charge on any atom is 0.238 e. The van der Waals surface area contributed by atoms with Gasteiger partial charge in [-0.3, -0.25) is 14.5 Å². The van der Waals surface area contributed by atoms with Crippen molar-refractivity contribution in [3.63, 3.8) is 0 Å². The summed E-state index contributed by atoms with van der Waals surface area (Å²) in [6.45, 7) is 7.79. The van der Waals surface area contributed by atoms with E-state index in [1.165, 1.54) is 6.92 Å². The van der Waals surface area contributed by atoms with Gasteiger partial charge in [0.1, 0.15) is 0 Å². The summed E-state index contributed by atoms with van der Waals surface area (Å²) in [6, 6.07) is 7.87. The van der Waals surface area contributed by atoms with Gasteiger partial charge in [0.05, 0.1) is 12.2 Å². The normalized spacial score (nSPS) is 21.8. The van der Waals surface area contributed by atoms with E-state index in [1.54, 1.807) is 18.2 Å². The van der Waals surface area contributed by atoms with E-state index in [4.69, 9.17) is 0 Å². The Bertz CT molecular complexity index is 526. The largest absolute Gasteiger partial charge is 0.324 e. The lowest BCUT2D eigenvalue weighted by Gasteiger charge is -2.35. The fourth-order valence-electron chi connectivity index (χ4n) is 2.86. The predicted octanol–water partition coefficient (Wildman–Crippen LogP) is 1.93. The molecule has 122 valence electrons. The minimum Gasteiger partial charge on any atom is -0.324 e. The summed E-state index contributed by atoms with van der Waals surface area (Å²) in [4.78, 5) is 25.9. The Kier molecular flexibility index (Phi) is 7.00. The van der Waals surface area contributed by atoms with Crippen LogP contribution in [0.1, 0.15) is 31.1 Å². The molecule has 1 saturated heterocycles. The summed E-state index contributed by atoms with van der Waals surface area (Å²) < 4.78 is 0. The molecule has 1 heterocycles. The monoisotopic (exact) mass is 325 g/mol. The molecule has 0 saturated carbocycles. The van der Waals surface area contributed by atoms with Gasteiger partial charge < -0.3 is 10.6 Å². The van der Waals surface area contributed by atoms with Gasteiger partial charge in [0.15, 0.2) is 5.78 Å². The highest BCUT2D eigenvalue weighted by molar-refractivity contribution is 6.04. The Balaban J connectivity index is 0.00000242. The third kappa shape index (κ3) is 5.09. The minimum absolute atomic E-state index is 0. The summed E-state index contributed by atoms with van der Waals surface area (Å²) in [5, 5.41) is 6.29. The highest BCUT2D eigenvalue weighted by Gasteiger charge is 2.22. The van der Waals surface area contributed by atoms with Gasteiger partial charge in [-0.25, -0.2) is 0 Å². The van der Waals surface area contributed by atoms with Crippen LogP contribution in [0, 0.1) is 0 Å². The van der Waals surface area contributed by atoms with Crippen molar-refractivity contribution in [2.24, 2.45) is 0 Å². The predicted molar refractivity (Wildman–Crippen MR) is 90.8 cm³/mol. The Morgan fingerprint density at radius 3 is 2.41 bits per heavy atom. The quantitative estimate of drug-likeness (QED) is 0.830. The average molecular weight is 326 g/mol. The number of nitrogens with one attached hydrogen (secondary N) is 2. The van der Waals surface area contributed by atoms with E-state index in [-0.39, 0.29) is 24.1 Å². The van der Waals surface area contributed by atoms with Crippen LogP contribution in [0.3, 0.4) is 0 Å². The molecule has 6 heteroatoms. The molecule has 5 nitrogen and oxygen atoms in total. The first-order chi connectivity index (χ1) is 9.95. The molecule has 1 aliphatic heterocycles. The smallest absolute Gasteiger partial charge is 0.238 e. The van der Waals surface area contributed by atoms with Crippen LogP contribution in [0.25, 0.3) is 0 Å². The number of benzene rings is 1. The van der Waals surface area contributed by atoms with Gasteiger partial charge in [-0.15, -0.1) is 12.4 Å². The van der Waals surface area contributed by atoms with Crippen LogP contribution >= 0.6 is 12.4 Å². The zero-order chi connectivity index (χ0) is 15.4. The number of piperazine rings is 1. The molecule has 0 spiro atoms. The van der Waals surface area contributed by atoms with Crippen LogP contribution in [0.15, 0.2) is 24.3 Å². The molecule has 2 unspecified atom stereocenters. The van der Waals surface area contributed by atoms with E-state index in [1.807, 2.05) is 6.07 Å². The third-order valence-electron chi connectivity index (χ3n) is 3.58. The SMILES string of the molecule is CC(=O)c1ccccc1NC(=O)CN1CC(C)NC(C)C1.Cl. The Morgan fingerprint density at radius 2 is 1.82 bits per heavy atom. The second-order valence-corrected chi connectivity index (χ2v) is 5.81. The topological polar surface area (TPSA) is 61.4 Å². The first-order valence-corrected chi connectivity index (χ1v) is 7.34. The molecule has 0 bridgehead atoms. The number of nitrogens with zero attached hydrogens (tertiary/aromatic N) is 1. The zero-order valence-electron chi connectivity index (χ0n) is 13.3. The van der Waals surface area contributed by atoms with Gasteiger partial charge in [-0.2, -0.15) is 0 Å². The van der Waals surface area contributed by atoms with Crippen LogP contribution in [0.2, 0.25) is 0 Å². The molecule has 1 amide bonds. The molecule has 2 atom stereocenters. The van der Waals surface area contributed by atoms with Crippen molar-refractivity contribution in [2.45, 2.75) is 32.9 Å². The third-order valence-corrected chi connectivity index (χ3v) is 3.58. The maximum absolute atomic E-state index is 12.2. The fourth-order valence-corrected chi connectivity index (χ4v) is 2.86. The van der Waals surface area contributed by atoms with Gasteiger partial charge >= 0.3 is 0 Å². The Labute approximate surface area is 137 Å². The molecular weight excluding hydrogens is 302 g/mol. The number of carbonyl (C=O) groups is 2. The van der Waals surface area contributed by atoms with Crippen molar-refractivity contribution in [2.75, 3.05) is 25.0 Å². The van der Waals surface area contributed by atoms with Gasteiger partial charge in [0, 0.05) is 30.7 Å². The number of Topliss-reactive ketones (excluding diaryl/α,β-unsaturated/α-hetero) is 1. The number of rotatable bonds is 4. The lowest BCUT2D eigenvalue weighted by Crippen LogP contribution is -2.55. The highest BCUT2D eigenvalue weighted by atomic mass is 35.5. The highest BCUT2D eigenvalue weighted by Crippen LogP contribution is 2.15. The van der Waals surface area contributed by atoms with Crippen molar-refractivity contribution >= 4 is 29.8 Å².